The number of hydrogen-bond acceptors (Lipinski definition) is 3. The van der Waals surface area contributed by atoms with Crippen LogP contribution in [-0.2, 0) is 6.42 Å². The largest absolute Gasteiger partial charge is 0.478 e. The molecule has 0 aliphatic carbocycles. The van der Waals surface area contributed by atoms with E-state index < -0.39 is 5.97 Å². The summed E-state index contributed by atoms with van der Waals surface area (Å²) in [5, 5.41) is 13.2. The van der Waals surface area contributed by atoms with Crippen LogP contribution in [0.1, 0.15) is 36.7 Å². The van der Waals surface area contributed by atoms with Crippen LogP contribution < -0.4 is 5.32 Å². The Labute approximate surface area is 172 Å². The van der Waals surface area contributed by atoms with Gasteiger partial charge < -0.3 is 10.4 Å². The van der Waals surface area contributed by atoms with E-state index in [2.05, 4.69) is 29.6 Å². The molecular formula is C24H19NO3S. The molecular weight excluding hydrogens is 382 g/mol. The molecule has 0 aliphatic rings. The minimum atomic E-state index is -1.07. The molecule has 5 heteroatoms. The molecule has 0 unspecified atom stereocenters. The number of carboxylic acid groups (broad SMARTS) is 1. The molecule has 0 saturated heterocycles. The molecule has 1 amide bonds. The fourth-order valence-electron chi connectivity index (χ4n) is 3.33. The smallest absolute Gasteiger partial charge is 0.337 e. The summed E-state index contributed by atoms with van der Waals surface area (Å²) < 4.78 is 1.03. The van der Waals surface area contributed by atoms with Crippen molar-refractivity contribution in [3.05, 3.63) is 99.9 Å². The fraction of sp³-hybridized carbons (Fsp3) is 0.0833. The number of thiophene rings is 1. The van der Waals surface area contributed by atoms with Gasteiger partial charge >= 0.3 is 5.97 Å². The Bertz CT molecular complexity index is 1210. The Kier molecular flexibility index (Phi) is 5.14. The first-order valence-electron chi connectivity index (χ1n) is 9.22. The van der Waals surface area contributed by atoms with E-state index in [9.17, 15) is 14.7 Å². The van der Waals surface area contributed by atoms with Crippen LogP contribution in [0.2, 0.25) is 0 Å². The predicted octanol–water partition coefficient (Wildman–Crippen LogP) is 5.75. The number of carboxylic acids is 1. The summed E-state index contributed by atoms with van der Waals surface area (Å²) in [7, 11) is 0. The zero-order valence-corrected chi connectivity index (χ0v) is 16.6. The van der Waals surface area contributed by atoms with Crippen molar-refractivity contribution in [2.24, 2.45) is 0 Å². The Morgan fingerprint density at radius 2 is 1.62 bits per heavy atom. The second-order valence-corrected chi connectivity index (χ2v) is 7.93. The molecule has 0 radical (unpaired) electrons. The van der Waals surface area contributed by atoms with Crippen LogP contribution in [0.5, 0.6) is 0 Å². The highest BCUT2D eigenvalue weighted by atomic mass is 32.1. The summed E-state index contributed by atoms with van der Waals surface area (Å²) in [6.07, 6.45) is 0.633. The van der Waals surface area contributed by atoms with E-state index in [4.69, 9.17) is 0 Å². The Morgan fingerprint density at radius 1 is 0.931 bits per heavy atom. The minimum absolute atomic E-state index is 0.0713. The Morgan fingerprint density at radius 3 is 2.38 bits per heavy atom. The number of aryl methyl sites for hydroxylation is 1. The number of carbonyl (C=O) groups is 2. The van der Waals surface area contributed by atoms with Crippen molar-refractivity contribution in [3.8, 4) is 0 Å². The maximum absolute atomic E-state index is 13.1. The van der Waals surface area contributed by atoms with E-state index in [1.807, 2.05) is 31.2 Å². The molecule has 1 heterocycles. The van der Waals surface area contributed by atoms with Gasteiger partial charge in [0.05, 0.1) is 16.1 Å². The van der Waals surface area contributed by atoms with Gasteiger partial charge in [-0.1, -0.05) is 60.2 Å². The summed E-state index contributed by atoms with van der Waals surface area (Å²) in [5.41, 5.74) is 3.64. The minimum Gasteiger partial charge on any atom is -0.478 e. The van der Waals surface area contributed by atoms with Gasteiger partial charge in [0.1, 0.15) is 0 Å². The zero-order chi connectivity index (χ0) is 20.4. The third-order valence-corrected chi connectivity index (χ3v) is 6.02. The molecule has 0 saturated carbocycles. The standard InChI is InChI=1S/C24H19NO3S/c1-15-10-12-16(13-11-15)14-19-17-6-3-5-9-21(17)29-22(19)23(26)25-20-8-4-2-7-18(20)24(27)28/h2-13H,14H2,1H3,(H,25,26)(H,27,28). The predicted molar refractivity (Wildman–Crippen MR) is 117 cm³/mol. The van der Waals surface area contributed by atoms with E-state index >= 15 is 0 Å². The molecule has 0 spiro atoms. The SMILES string of the molecule is Cc1ccc(Cc2c(C(=O)Nc3ccccc3C(=O)O)sc3ccccc23)cc1. The molecule has 4 aromatic rings. The number of anilines is 1. The molecule has 144 valence electrons. The lowest BCUT2D eigenvalue weighted by atomic mass is 10.0. The van der Waals surface area contributed by atoms with Gasteiger partial charge in [0.25, 0.3) is 5.91 Å². The second kappa shape index (κ2) is 7.89. The van der Waals surface area contributed by atoms with Gasteiger partial charge in [-0.15, -0.1) is 11.3 Å². The second-order valence-electron chi connectivity index (χ2n) is 6.87. The third kappa shape index (κ3) is 3.91. The monoisotopic (exact) mass is 401 g/mol. The van der Waals surface area contributed by atoms with Crippen molar-refractivity contribution in [3.63, 3.8) is 0 Å². The Balaban J connectivity index is 1.74. The van der Waals surface area contributed by atoms with Crippen LogP contribution >= 0.6 is 11.3 Å². The number of amides is 1. The maximum atomic E-state index is 13.1. The van der Waals surface area contributed by atoms with Gasteiger partial charge in [0, 0.05) is 4.70 Å². The Hall–Kier alpha value is -3.44. The van der Waals surface area contributed by atoms with Gasteiger partial charge in [-0.3, -0.25) is 4.79 Å². The lowest BCUT2D eigenvalue weighted by Crippen LogP contribution is -2.15. The number of para-hydroxylation sites is 1. The van der Waals surface area contributed by atoms with Gasteiger partial charge in [-0.2, -0.15) is 0 Å². The first-order valence-corrected chi connectivity index (χ1v) is 10.0. The number of rotatable bonds is 5. The van der Waals surface area contributed by atoms with Crippen LogP contribution in [0.3, 0.4) is 0 Å². The van der Waals surface area contributed by atoms with Gasteiger partial charge in [-0.05, 0) is 48.1 Å². The van der Waals surface area contributed by atoms with Crippen LogP contribution in [0.4, 0.5) is 5.69 Å². The van der Waals surface area contributed by atoms with Gasteiger partial charge in [0.2, 0.25) is 0 Å². The quantitative estimate of drug-likeness (QED) is 0.447. The topological polar surface area (TPSA) is 66.4 Å². The van der Waals surface area contributed by atoms with Crippen LogP contribution in [0, 0.1) is 6.92 Å². The third-order valence-electron chi connectivity index (χ3n) is 4.81. The van der Waals surface area contributed by atoms with Gasteiger partial charge in [-0.25, -0.2) is 4.79 Å². The van der Waals surface area contributed by atoms with Crippen molar-refractivity contribution < 1.29 is 14.7 Å². The number of nitrogens with one attached hydrogen (secondary N) is 1. The van der Waals surface area contributed by atoms with E-state index in [-0.39, 0.29) is 11.5 Å². The average molecular weight is 401 g/mol. The molecule has 0 aliphatic heterocycles. The highest BCUT2D eigenvalue weighted by Gasteiger charge is 2.20. The highest BCUT2D eigenvalue weighted by molar-refractivity contribution is 7.21. The van der Waals surface area contributed by atoms with Crippen molar-refractivity contribution in [2.45, 2.75) is 13.3 Å². The van der Waals surface area contributed by atoms with Crippen molar-refractivity contribution in [1.29, 1.82) is 0 Å². The molecule has 0 atom stereocenters. The molecule has 4 rings (SSSR count). The van der Waals surface area contributed by atoms with Gasteiger partial charge in [0.15, 0.2) is 0 Å². The molecule has 2 N–H and O–H groups in total. The lowest BCUT2D eigenvalue weighted by molar-refractivity contribution is 0.0698. The highest BCUT2D eigenvalue weighted by Crippen LogP contribution is 2.34. The van der Waals surface area contributed by atoms with E-state index in [1.54, 1.807) is 18.2 Å². The summed E-state index contributed by atoms with van der Waals surface area (Å²) in [6.45, 7) is 2.04. The number of benzene rings is 3. The van der Waals surface area contributed by atoms with Crippen molar-refractivity contribution in [2.75, 3.05) is 5.32 Å². The fourth-order valence-corrected chi connectivity index (χ4v) is 4.44. The summed E-state index contributed by atoms with van der Waals surface area (Å²) in [4.78, 5) is 25.2. The summed E-state index contributed by atoms with van der Waals surface area (Å²) in [5.74, 6) is -1.36. The number of fused-ring (bicyclic) bond motifs is 1. The zero-order valence-electron chi connectivity index (χ0n) is 15.8. The summed E-state index contributed by atoms with van der Waals surface area (Å²) >= 11 is 1.43. The molecule has 0 fully saturated rings. The van der Waals surface area contributed by atoms with Crippen molar-refractivity contribution >= 4 is 39.0 Å². The lowest BCUT2D eigenvalue weighted by Gasteiger charge is -2.09. The van der Waals surface area contributed by atoms with Crippen LogP contribution in [0.25, 0.3) is 10.1 Å². The van der Waals surface area contributed by atoms with E-state index in [0.717, 1.165) is 21.2 Å². The molecule has 4 nitrogen and oxygen atoms in total. The normalized spacial score (nSPS) is 10.8. The summed E-state index contributed by atoms with van der Waals surface area (Å²) in [6, 6.07) is 22.7. The number of hydrogen-bond donors (Lipinski definition) is 2. The van der Waals surface area contributed by atoms with Crippen LogP contribution in [-0.4, -0.2) is 17.0 Å². The van der Waals surface area contributed by atoms with E-state index in [0.29, 0.717) is 17.0 Å². The molecule has 3 aromatic carbocycles. The first kappa shape index (κ1) is 18.9. The molecule has 0 bridgehead atoms. The average Bonchev–Trinajstić information content (AvgIpc) is 3.08. The number of carbonyl (C=O) groups excluding carboxylic acids is 1. The molecule has 1 aromatic heterocycles. The molecule has 29 heavy (non-hydrogen) atoms. The first-order chi connectivity index (χ1) is 14.0. The maximum Gasteiger partial charge on any atom is 0.337 e. The van der Waals surface area contributed by atoms with E-state index in [1.165, 1.54) is 23.0 Å². The number of aromatic carboxylic acids is 1. The van der Waals surface area contributed by atoms with Crippen LogP contribution in [0.15, 0.2) is 72.8 Å². The van der Waals surface area contributed by atoms with Crippen molar-refractivity contribution in [1.82, 2.24) is 0 Å².